The molecule has 0 saturated carbocycles. The van der Waals surface area contributed by atoms with Crippen LogP contribution in [0.15, 0.2) is 24.3 Å². The van der Waals surface area contributed by atoms with Gasteiger partial charge in [0, 0.05) is 0 Å². The zero-order valence-electron chi connectivity index (χ0n) is 25.3. The van der Waals surface area contributed by atoms with E-state index in [1.165, 1.54) is 0 Å². The maximum atomic E-state index is 12.9. The number of fused-ring (bicyclic) bond motifs is 3. The molecule has 0 aromatic heterocycles. The Morgan fingerprint density at radius 1 is 0.795 bits per heavy atom. The van der Waals surface area contributed by atoms with Gasteiger partial charge in [0.05, 0.1) is 11.1 Å². The number of nitrogens with zero attached hydrogens (tertiary/aromatic N) is 2. The number of hydrogen-bond acceptors (Lipinski definition) is 4. The summed E-state index contributed by atoms with van der Waals surface area (Å²) in [5, 5.41) is 20.2. The van der Waals surface area contributed by atoms with Crippen molar-refractivity contribution in [3.05, 3.63) is 57.6 Å². The van der Waals surface area contributed by atoms with Gasteiger partial charge in [-0.15, -0.1) is 0 Å². The summed E-state index contributed by atoms with van der Waals surface area (Å²) < 4.78 is 0. The van der Waals surface area contributed by atoms with Gasteiger partial charge in [-0.05, 0) is 149 Å². The molecule has 1 aliphatic rings. The number of hydrogen-bond donors (Lipinski definition) is 2. The third kappa shape index (κ3) is 7.92. The van der Waals surface area contributed by atoms with Crippen molar-refractivity contribution in [1.29, 1.82) is 0 Å². The monoisotopic (exact) mass is 536 g/mol. The predicted octanol–water partition coefficient (Wildman–Crippen LogP) is 6.48. The molecular formula is C33H48N2O4. The fourth-order valence-corrected chi connectivity index (χ4v) is 6.13. The molecule has 3 rings (SSSR count). The molecule has 1 aliphatic carbocycles. The van der Waals surface area contributed by atoms with Gasteiger partial charge in [0.25, 0.3) is 0 Å². The number of carboxylic acids is 2. The quantitative estimate of drug-likeness (QED) is 0.246. The molecule has 0 aliphatic heterocycles. The van der Waals surface area contributed by atoms with Crippen LogP contribution in [0.4, 0.5) is 0 Å². The highest BCUT2D eigenvalue weighted by molar-refractivity contribution is 5.95. The van der Waals surface area contributed by atoms with Crippen LogP contribution in [-0.4, -0.2) is 73.2 Å². The van der Waals surface area contributed by atoms with Crippen LogP contribution in [-0.2, 0) is 19.3 Å². The average Bonchev–Trinajstić information content (AvgIpc) is 3.15. The van der Waals surface area contributed by atoms with E-state index in [9.17, 15) is 19.8 Å². The van der Waals surface area contributed by atoms with Gasteiger partial charge in [-0.25, -0.2) is 9.59 Å². The molecule has 2 aromatic rings. The zero-order valence-corrected chi connectivity index (χ0v) is 25.3. The van der Waals surface area contributed by atoms with Crippen molar-refractivity contribution in [2.24, 2.45) is 10.8 Å². The van der Waals surface area contributed by atoms with Crippen LogP contribution in [0.1, 0.15) is 96.3 Å². The minimum Gasteiger partial charge on any atom is -0.478 e. The first-order valence-electron chi connectivity index (χ1n) is 14.2. The minimum absolute atomic E-state index is 0.0540. The number of benzene rings is 2. The van der Waals surface area contributed by atoms with E-state index in [0.717, 1.165) is 72.2 Å². The first-order chi connectivity index (χ1) is 18.1. The Kier molecular flexibility index (Phi) is 9.66. The van der Waals surface area contributed by atoms with Gasteiger partial charge in [-0.2, -0.15) is 0 Å². The fraction of sp³-hybridized carbons (Fsp3) is 0.576. The maximum absolute atomic E-state index is 12.9. The lowest BCUT2D eigenvalue weighted by Crippen LogP contribution is -2.24. The minimum atomic E-state index is -0.942. The second-order valence-electron chi connectivity index (χ2n) is 13.6. The highest BCUT2D eigenvalue weighted by Crippen LogP contribution is 2.45. The predicted molar refractivity (Wildman–Crippen MR) is 159 cm³/mol. The molecule has 6 heteroatoms. The van der Waals surface area contributed by atoms with Gasteiger partial charge in [0.2, 0.25) is 0 Å². The standard InChI is InChI=1S/C33H48N2O4/c1-32(2,13-9-15-34(5)6)20-24-19-26-25-12-11-22(30(36)37)17-23(25)18-27(26)28(29(24)31(38)39)21-33(3,4)14-10-16-35(7)8/h11-12,17,19H,9-10,13-16,18,20-21H2,1-8H3,(H,36,37)(H,38,39). The molecule has 0 unspecified atom stereocenters. The first-order valence-corrected chi connectivity index (χ1v) is 14.2. The van der Waals surface area contributed by atoms with Crippen molar-refractivity contribution >= 4 is 11.9 Å². The van der Waals surface area contributed by atoms with Crippen LogP contribution in [0.5, 0.6) is 0 Å². The van der Waals surface area contributed by atoms with Crippen LogP contribution < -0.4 is 0 Å². The average molecular weight is 537 g/mol. The summed E-state index contributed by atoms with van der Waals surface area (Å²) in [5.74, 6) is -1.81. The molecule has 2 aromatic carbocycles. The van der Waals surface area contributed by atoms with Crippen LogP contribution >= 0.6 is 0 Å². The van der Waals surface area contributed by atoms with E-state index < -0.39 is 11.9 Å². The van der Waals surface area contributed by atoms with Crippen molar-refractivity contribution in [1.82, 2.24) is 9.80 Å². The van der Waals surface area contributed by atoms with Gasteiger partial charge in [-0.3, -0.25) is 0 Å². The Balaban J connectivity index is 2.11. The summed E-state index contributed by atoms with van der Waals surface area (Å²) in [6, 6.07) is 7.43. The Morgan fingerprint density at radius 3 is 1.87 bits per heavy atom. The summed E-state index contributed by atoms with van der Waals surface area (Å²) in [5.41, 5.74) is 6.56. The molecule has 6 nitrogen and oxygen atoms in total. The topological polar surface area (TPSA) is 81.1 Å². The highest BCUT2D eigenvalue weighted by atomic mass is 16.4. The van der Waals surface area contributed by atoms with Gasteiger partial charge in [-0.1, -0.05) is 33.8 Å². The zero-order chi connectivity index (χ0) is 29.1. The van der Waals surface area contributed by atoms with Crippen LogP contribution in [0.2, 0.25) is 0 Å². The summed E-state index contributed by atoms with van der Waals surface area (Å²) in [6.07, 6.45) is 6.04. The molecule has 0 saturated heterocycles. The smallest absolute Gasteiger partial charge is 0.336 e. The van der Waals surface area contributed by atoms with E-state index in [0.29, 0.717) is 24.8 Å². The Hall–Kier alpha value is -2.70. The number of carboxylic acid groups (broad SMARTS) is 2. The van der Waals surface area contributed by atoms with Gasteiger partial charge in [0.1, 0.15) is 0 Å². The van der Waals surface area contributed by atoms with Gasteiger partial charge in [0.15, 0.2) is 0 Å². The number of aromatic carboxylic acids is 2. The van der Waals surface area contributed by atoms with E-state index in [1.54, 1.807) is 12.1 Å². The lowest BCUT2D eigenvalue weighted by Gasteiger charge is -2.30. The van der Waals surface area contributed by atoms with Crippen molar-refractivity contribution in [3.8, 4) is 11.1 Å². The van der Waals surface area contributed by atoms with E-state index in [-0.39, 0.29) is 16.4 Å². The summed E-state index contributed by atoms with van der Waals surface area (Å²) in [6.45, 7) is 11.0. The first kappa shape index (κ1) is 30.8. The van der Waals surface area contributed by atoms with Gasteiger partial charge >= 0.3 is 11.9 Å². The number of carbonyl (C=O) groups is 2. The molecule has 0 atom stereocenters. The lowest BCUT2D eigenvalue weighted by molar-refractivity contribution is 0.0683. The Bertz CT molecular complexity index is 1210. The summed E-state index contributed by atoms with van der Waals surface area (Å²) in [7, 11) is 8.31. The van der Waals surface area contributed by atoms with E-state index in [1.807, 2.05) is 6.07 Å². The largest absolute Gasteiger partial charge is 0.478 e. The van der Waals surface area contributed by atoms with Crippen LogP contribution in [0.25, 0.3) is 11.1 Å². The van der Waals surface area contributed by atoms with Crippen molar-refractivity contribution < 1.29 is 19.8 Å². The van der Waals surface area contributed by atoms with Crippen LogP contribution in [0, 0.1) is 10.8 Å². The fourth-order valence-electron chi connectivity index (χ4n) is 6.13. The Morgan fingerprint density at radius 2 is 1.36 bits per heavy atom. The lowest BCUT2D eigenvalue weighted by atomic mass is 9.74. The molecule has 0 fully saturated rings. The molecule has 0 heterocycles. The van der Waals surface area contributed by atoms with Gasteiger partial charge < -0.3 is 20.0 Å². The molecule has 2 N–H and O–H groups in total. The molecule has 214 valence electrons. The van der Waals surface area contributed by atoms with Crippen molar-refractivity contribution in [3.63, 3.8) is 0 Å². The molecular weight excluding hydrogens is 488 g/mol. The van der Waals surface area contributed by atoms with E-state index in [4.69, 9.17) is 0 Å². The Labute approximate surface area is 235 Å². The summed E-state index contributed by atoms with van der Waals surface area (Å²) in [4.78, 5) is 29.0. The van der Waals surface area contributed by atoms with Crippen LogP contribution in [0.3, 0.4) is 0 Å². The second-order valence-corrected chi connectivity index (χ2v) is 13.6. The third-order valence-corrected chi connectivity index (χ3v) is 8.10. The molecule has 0 radical (unpaired) electrons. The molecule has 0 spiro atoms. The molecule has 0 bridgehead atoms. The van der Waals surface area contributed by atoms with Crippen molar-refractivity contribution in [2.45, 2.75) is 72.6 Å². The molecule has 39 heavy (non-hydrogen) atoms. The van der Waals surface area contributed by atoms with E-state index in [2.05, 4.69) is 71.8 Å². The highest BCUT2D eigenvalue weighted by Gasteiger charge is 2.33. The van der Waals surface area contributed by atoms with Crippen molar-refractivity contribution in [2.75, 3.05) is 41.3 Å². The normalized spacial score (nSPS) is 13.2. The SMILES string of the molecule is CN(C)CCCC(C)(C)Cc1cc2c(c(CC(C)(C)CCCN(C)C)c1C(=O)O)Cc1cc(C(=O)O)ccc1-2. The molecule has 0 amide bonds. The summed E-state index contributed by atoms with van der Waals surface area (Å²) >= 11 is 0. The third-order valence-electron chi connectivity index (χ3n) is 8.10. The van der Waals surface area contributed by atoms with E-state index >= 15 is 0 Å². The second kappa shape index (κ2) is 12.2. The number of rotatable bonds is 14. The maximum Gasteiger partial charge on any atom is 0.336 e.